The predicted molar refractivity (Wildman–Crippen MR) is 73.5 cm³/mol. The van der Waals surface area contributed by atoms with Crippen molar-refractivity contribution in [1.82, 2.24) is 25.1 Å². The van der Waals surface area contributed by atoms with E-state index in [-0.39, 0.29) is 12.5 Å². The van der Waals surface area contributed by atoms with Crippen molar-refractivity contribution in [3.8, 4) is 10.7 Å². The summed E-state index contributed by atoms with van der Waals surface area (Å²) in [6.07, 6.45) is 1.19. The van der Waals surface area contributed by atoms with E-state index in [2.05, 4.69) is 15.4 Å². The monoisotopic (exact) mass is 307 g/mol. The van der Waals surface area contributed by atoms with E-state index in [4.69, 9.17) is 5.11 Å². The number of nitrogens with zero attached hydrogens (tertiary/aromatic N) is 5. The first kappa shape index (κ1) is 13.7. The van der Waals surface area contributed by atoms with Crippen LogP contribution in [-0.2, 0) is 16.1 Å². The minimum atomic E-state index is -0.966. The molecule has 1 N–H and O–H groups in total. The lowest BCUT2D eigenvalue weighted by Crippen LogP contribution is -2.42. The predicted octanol–water partition coefficient (Wildman–Crippen LogP) is 0.477. The van der Waals surface area contributed by atoms with Gasteiger partial charge in [-0.2, -0.15) is 4.80 Å². The third-order valence-electron chi connectivity index (χ3n) is 3.33. The molecule has 3 heterocycles. The van der Waals surface area contributed by atoms with Gasteiger partial charge in [0.15, 0.2) is 0 Å². The third-order valence-corrected chi connectivity index (χ3v) is 4.20. The summed E-state index contributed by atoms with van der Waals surface area (Å²) in [5.41, 5.74) is 0. The fourth-order valence-electron chi connectivity index (χ4n) is 2.35. The number of carbonyl (C=O) groups is 2. The highest BCUT2D eigenvalue weighted by Crippen LogP contribution is 2.20. The van der Waals surface area contributed by atoms with E-state index >= 15 is 0 Å². The molecule has 1 aliphatic rings. The molecule has 3 rings (SSSR count). The summed E-state index contributed by atoms with van der Waals surface area (Å²) in [6, 6.07) is 3.01. The summed E-state index contributed by atoms with van der Waals surface area (Å²) in [5.74, 6) is -0.796. The molecule has 2 aromatic rings. The molecule has 8 nitrogen and oxygen atoms in total. The lowest BCUT2D eigenvalue weighted by atomic mass is 10.2. The first-order chi connectivity index (χ1) is 10.1. The molecule has 0 bridgehead atoms. The van der Waals surface area contributed by atoms with Crippen LogP contribution in [0.3, 0.4) is 0 Å². The molecule has 0 aromatic carbocycles. The molecule has 1 saturated heterocycles. The Morgan fingerprint density at radius 3 is 3.05 bits per heavy atom. The second-order valence-corrected chi connectivity index (χ2v) is 5.65. The number of carbonyl (C=O) groups excluding carboxylic acids is 1. The maximum Gasteiger partial charge on any atom is 0.326 e. The molecule has 2 aromatic heterocycles. The van der Waals surface area contributed by atoms with Crippen molar-refractivity contribution < 1.29 is 14.7 Å². The van der Waals surface area contributed by atoms with E-state index in [0.29, 0.717) is 25.2 Å². The molecule has 1 fully saturated rings. The first-order valence-electron chi connectivity index (χ1n) is 6.49. The summed E-state index contributed by atoms with van der Waals surface area (Å²) >= 11 is 1.49. The molecule has 1 amide bonds. The molecular formula is C12H13N5O3S. The quantitative estimate of drug-likeness (QED) is 0.881. The Morgan fingerprint density at radius 1 is 1.48 bits per heavy atom. The van der Waals surface area contributed by atoms with Crippen molar-refractivity contribution in [3.05, 3.63) is 17.5 Å². The Morgan fingerprint density at radius 2 is 2.33 bits per heavy atom. The van der Waals surface area contributed by atoms with Crippen LogP contribution in [0.5, 0.6) is 0 Å². The van der Waals surface area contributed by atoms with Crippen LogP contribution in [0, 0.1) is 0 Å². The van der Waals surface area contributed by atoms with Crippen molar-refractivity contribution in [2.45, 2.75) is 25.4 Å². The molecule has 0 saturated carbocycles. The average Bonchev–Trinajstić information content (AvgIpc) is 3.19. The SMILES string of the molecule is O=C(O)C1CCCN1C(=O)Cn1nnc(-c2cccs2)n1. The zero-order valence-electron chi connectivity index (χ0n) is 11.0. The second-order valence-electron chi connectivity index (χ2n) is 4.70. The summed E-state index contributed by atoms with van der Waals surface area (Å²) < 4.78 is 0. The highest BCUT2D eigenvalue weighted by Gasteiger charge is 2.34. The molecular weight excluding hydrogens is 294 g/mol. The molecule has 0 radical (unpaired) electrons. The summed E-state index contributed by atoms with van der Waals surface area (Å²) in [5, 5.41) is 22.9. The van der Waals surface area contributed by atoms with E-state index in [1.54, 1.807) is 0 Å². The van der Waals surface area contributed by atoms with Gasteiger partial charge in [-0.3, -0.25) is 4.79 Å². The number of amides is 1. The van der Waals surface area contributed by atoms with Crippen molar-refractivity contribution in [3.63, 3.8) is 0 Å². The van der Waals surface area contributed by atoms with E-state index in [1.807, 2.05) is 17.5 Å². The number of aliphatic carboxylic acids is 1. The van der Waals surface area contributed by atoms with Crippen LogP contribution < -0.4 is 0 Å². The molecule has 21 heavy (non-hydrogen) atoms. The molecule has 1 unspecified atom stereocenters. The Balaban J connectivity index is 1.69. The first-order valence-corrected chi connectivity index (χ1v) is 7.37. The van der Waals surface area contributed by atoms with Gasteiger partial charge in [0.25, 0.3) is 0 Å². The zero-order chi connectivity index (χ0) is 14.8. The van der Waals surface area contributed by atoms with Gasteiger partial charge in [-0.05, 0) is 29.5 Å². The van der Waals surface area contributed by atoms with Gasteiger partial charge < -0.3 is 10.0 Å². The Hall–Kier alpha value is -2.29. The van der Waals surface area contributed by atoms with Crippen LogP contribution in [0.2, 0.25) is 0 Å². The molecule has 110 valence electrons. The third kappa shape index (κ3) is 2.77. The number of carboxylic acids is 1. The second kappa shape index (κ2) is 5.60. The Bertz CT molecular complexity index is 654. The zero-order valence-corrected chi connectivity index (χ0v) is 11.9. The van der Waals surface area contributed by atoms with Gasteiger partial charge >= 0.3 is 5.97 Å². The summed E-state index contributed by atoms with van der Waals surface area (Å²) in [6.45, 7) is 0.366. The topological polar surface area (TPSA) is 101 Å². The number of hydrogen-bond acceptors (Lipinski definition) is 6. The molecule has 1 atom stereocenters. The normalized spacial score (nSPS) is 18.1. The lowest BCUT2D eigenvalue weighted by molar-refractivity contribution is -0.148. The number of tetrazole rings is 1. The van der Waals surface area contributed by atoms with Crippen molar-refractivity contribution in [2.75, 3.05) is 6.54 Å². The minimum Gasteiger partial charge on any atom is -0.480 e. The van der Waals surface area contributed by atoms with E-state index in [0.717, 1.165) is 4.88 Å². The van der Waals surface area contributed by atoms with Crippen LogP contribution in [-0.4, -0.2) is 54.7 Å². The van der Waals surface area contributed by atoms with Crippen molar-refractivity contribution in [1.29, 1.82) is 0 Å². The van der Waals surface area contributed by atoms with Crippen LogP contribution in [0.15, 0.2) is 17.5 Å². The van der Waals surface area contributed by atoms with Gasteiger partial charge in [0.2, 0.25) is 11.7 Å². The van der Waals surface area contributed by atoms with Gasteiger partial charge in [-0.15, -0.1) is 21.5 Å². The van der Waals surface area contributed by atoms with Crippen LogP contribution in [0.1, 0.15) is 12.8 Å². The highest BCUT2D eigenvalue weighted by atomic mass is 32.1. The van der Waals surface area contributed by atoms with Gasteiger partial charge in [-0.1, -0.05) is 6.07 Å². The molecule has 1 aliphatic heterocycles. The fraction of sp³-hybridized carbons (Fsp3) is 0.417. The number of likely N-dealkylation sites (tertiary alicyclic amines) is 1. The Kier molecular flexibility index (Phi) is 3.65. The molecule has 9 heteroatoms. The van der Waals surface area contributed by atoms with E-state index < -0.39 is 12.0 Å². The van der Waals surface area contributed by atoms with Gasteiger partial charge in [0.05, 0.1) is 4.88 Å². The van der Waals surface area contributed by atoms with Crippen molar-refractivity contribution >= 4 is 23.2 Å². The van der Waals surface area contributed by atoms with Crippen LogP contribution in [0.25, 0.3) is 10.7 Å². The maximum atomic E-state index is 12.2. The number of carboxylic acid groups (broad SMARTS) is 1. The molecule has 0 aliphatic carbocycles. The standard InChI is InChI=1S/C12H13N5O3S/c18-10(16-5-1-3-8(16)12(19)20)7-17-14-11(13-15-17)9-4-2-6-21-9/h2,4,6,8H,1,3,5,7H2,(H,19,20). The van der Waals surface area contributed by atoms with E-state index in [9.17, 15) is 9.59 Å². The lowest BCUT2D eigenvalue weighted by Gasteiger charge is -2.20. The number of thiophene rings is 1. The summed E-state index contributed by atoms with van der Waals surface area (Å²) in [7, 11) is 0. The summed E-state index contributed by atoms with van der Waals surface area (Å²) in [4.78, 5) is 26.7. The van der Waals surface area contributed by atoms with Gasteiger partial charge in [0, 0.05) is 6.54 Å². The van der Waals surface area contributed by atoms with E-state index in [1.165, 1.54) is 21.0 Å². The maximum absolute atomic E-state index is 12.2. The molecule has 0 spiro atoms. The average molecular weight is 307 g/mol. The van der Waals surface area contributed by atoms with Gasteiger partial charge in [-0.25, -0.2) is 4.79 Å². The largest absolute Gasteiger partial charge is 0.480 e. The van der Waals surface area contributed by atoms with Crippen LogP contribution >= 0.6 is 11.3 Å². The minimum absolute atomic E-state index is 0.0951. The fourth-order valence-corrected chi connectivity index (χ4v) is 3.00. The van der Waals surface area contributed by atoms with Crippen molar-refractivity contribution in [2.24, 2.45) is 0 Å². The Labute approximate surface area is 124 Å². The van der Waals surface area contributed by atoms with Crippen LogP contribution in [0.4, 0.5) is 0 Å². The van der Waals surface area contributed by atoms with Gasteiger partial charge in [0.1, 0.15) is 12.6 Å². The number of rotatable bonds is 4. The smallest absolute Gasteiger partial charge is 0.326 e. The number of aromatic nitrogens is 4. The highest BCUT2D eigenvalue weighted by molar-refractivity contribution is 7.13. The number of hydrogen-bond donors (Lipinski definition) is 1.